The van der Waals surface area contributed by atoms with Crippen LogP contribution in [0.15, 0.2) is 30.3 Å². The minimum Gasteiger partial charge on any atom is -0.367 e. The monoisotopic (exact) mass is 292 g/mol. The van der Waals surface area contributed by atoms with Gasteiger partial charge in [0.05, 0.1) is 0 Å². The molecule has 0 amide bonds. The summed E-state index contributed by atoms with van der Waals surface area (Å²) >= 11 is 0. The zero-order chi connectivity index (χ0) is 15.6. The Bertz CT molecular complexity index is 741. The van der Waals surface area contributed by atoms with E-state index in [0.29, 0.717) is 12.0 Å². The molecule has 0 N–H and O–H groups in total. The zero-order valence-electron chi connectivity index (χ0n) is 14.1. The van der Waals surface area contributed by atoms with Crippen molar-refractivity contribution in [3.63, 3.8) is 0 Å². The number of rotatable bonds is 1. The average molecular weight is 292 g/mol. The molecule has 0 spiro atoms. The van der Waals surface area contributed by atoms with Gasteiger partial charge in [-0.1, -0.05) is 25.1 Å². The normalized spacial score (nSPS) is 29.0. The van der Waals surface area contributed by atoms with Gasteiger partial charge >= 0.3 is 0 Å². The van der Waals surface area contributed by atoms with E-state index in [2.05, 4.69) is 69.9 Å². The van der Waals surface area contributed by atoms with Crippen LogP contribution in [0.25, 0.3) is 0 Å². The summed E-state index contributed by atoms with van der Waals surface area (Å²) in [5.74, 6) is 0.524. The summed E-state index contributed by atoms with van der Waals surface area (Å²) in [7, 11) is 0. The van der Waals surface area contributed by atoms with Crippen LogP contribution in [0.5, 0.6) is 0 Å². The summed E-state index contributed by atoms with van der Waals surface area (Å²) < 4.78 is 0. The van der Waals surface area contributed by atoms with Crippen molar-refractivity contribution >= 4 is 5.69 Å². The Hall–Kier alpha value is -1.83. The van der Waals surface area contributed by atoms with Gasteiger partial charge in [-0.05, 0) is 56.5 Å². The maximum Gasteiger partial charge on any atom is 0.0414 e. The SMILES string of the molecule is Cc1cc(C)c(C2C(C)N3CC2(C)c2ccccc23)c(C)n1. The second kappa shape index (κ2) is 4.34. The van der Waals surface area contributed by atoms with Crippen LogP contribution in [-0.4, -0.2) is 17.6 Å². The smallest absolute Gasteiger partial charge is 0.0414 e. The number of fused-ring (bicyclic) bond motifs is 5. The van der Waals surface area contributed by atoms with E-state index in [4.69, 9.17) is 4.98 Å². The number of hydrogen-bond acceptors (Lipinski definition) is 2. The van der Waals surface area contributed by atoms with Gasteiger partial charge in [0.25, 0.3) is 0 Å². The lowest BCUT2D eigenvalue weighted by Gasteiger charge is -2.38. The molecular formula is C20H24N2. The van der Waals surface area contributed by atoms with E-state index in [1.807, 2.05) is 0 Å². The third-order valence-corrected chi connectivity index (χ3v) is 5.88. The van der Waals surface area contributed by atoms with Crippen molar-refractivity contribution in [3.8, 4) is 0 Å². The van der Waals surface area contributed by atoms with Crippen LogP contribution in [0.4, 0.5) is 5.69 Å². The maximum atomic E-state index is 4.77. The summed E-state index contributed by atoms with van der Waals surface area (Å²) in [5, 5.41) is 0. The Morgan fingerprint density at radius 3 is 2.64 bits per heavy atom. The molecule has 2 aromatic rings. The number of aromatic nitrogens is 1. The Balaban J connectivity index is 1.93. The van der Waals surface area contributed by atoms with E-state index >= 15 is 0 Å². The molecule has 2 aliphatic heterocycles. The molecule has 2 heteroatoms. The van der Waals surface area contributed by atoms with E-state index in [-0.39, 0.29) is 5.41 Å². The predicted molar refractivity (Wildman–Crippen MR) is 91.8 cm³/mol. The van der Waals surface area contributed by atoms with Crippen LogP contribution < -0.4 is 4.90 Å². The summed E-state index contributed by atoms with van der Waals surface area (Å²) in [6.45, 7) is 12.5. The lowest BCUT2D eigenvalue weighted by Crippen LogP contribution is -2.36. The van der Waals surface area contributed by atoms with Gasteiger partial charge in [-0.15, -0.1) is 0 Å². The standard InChI is InChI=1S/C20H24N2/c1-12-10-13(2)21-14(3)18(12)19-15(4)22-11-20(19,5)16-8-6-7-9-17(16)22/h6-10,15,19H,11H2,1-5H3. The third-order valence-electron chi connectivity index (χ3n) is 5.88. The number of para-hydroxylation sites is 1. The van der Waals surface area contributed by atoms with Crippen molar-refractivity contribution in [2.24, 2.45) is 0 Å². The minimum atomic E-state index is 0.197. The first-order chi connectivity index (χ1) is 10.4. The fourth-order valence-corrected chi connectivity index (χ4v) is 5.14. The highest BCUT2D eigenvalue weighted by atomic mass is 15.2. The van der Waals surface area contributed by atoms with Crippen LogP contribution in [0.1, 0.15) is 47.8 Å². The summed E-state index contributed by atoms with van der Waals surface area (Å²) in [5.41, 5.74) is 8.35. The Morgan fingerprint density at radius 2 is 1.91 bits per heavy atom. The van der Waals surface area contributed by atoms with Crippen molar-refractivity contribution in [1.29, 1.82) is 0 Å². The zero-order valence-corrected chi connectivity index (χ0v) is 14.1. The van der Waals surface area contributed by atoms with Gasteiger partial charge in [0.15, 0.2) is 0 Å². The molecule has 3 atom stereocenters. The Kier molecular flexibility index (Phi) is 2.73. The molecule has 2 bridgehead atoms. The van der Waals surface area contributed by atoms with Gasteiger partial charge in [-0.2, -0.15) is 0 Å². The summed E-state index contributed by atoms with van der Waals surface area (Å²) in [6.07, 6.45) is 0. The topological polar surface area (TPSA) is 16.1 Å². The first kappa shape index (κ1) is 13.8. The first-order valence-corrected chi connectivity index (χ1v) is 8.24. The van der Waals surface area contributed by atoms with E-state index in [9.17, 15) is 0 Å². The molecule has 1 aromatic heterocycles. The number of nitrogens with zero attached hydrogens (tertiary/aromatic N) is 2. The fourth-order valence-electron chi connectivity index (χ4n) is 5.14. The maximum absolute atomic E-state index is 4.77. The number of hydrogen-bond donors (Lipinski definition) is 0. The molecule has 0 saturated carbocycles. The minimum absolute atomic E-state index is 0.197. The molecular weight excluding hydrogens is 268 g/mol. The Morgan fingerprint density at radius 1 is 1.18 bits per heavy atom. The van der Waals surface area contributed by atoms with Crippen LogP contribution in [0.3, 0.4) is 0 Å². The van der Waals surface area contributed by atoms with Crippen molar-refractivity contribution in [3.05, 3.63) is 58.4 Å². The van der Waals surface area contributed by atoms with Crippen LogP contribution >= 0.6 is 0 Å². The molecule has 4 rings (SSSR count). The van der Waals surface area contributed by atoms with E-state index in [1.54, 1.807) is 0 Å². The highest BCUT2D eigenvalue weighted by molar-refractivity contribution is 5.69. The van der Waals surface area contributed by atoms with Gasteiger partial charge in [0, 0.05) is 41.0 Å². The second-order valence-electron chi connectivity index (χ2n) is 7.36. The third kappa shape index (κ3) is 1.58. The number of anilines is 1. The van der Waals surface area contributed by atoms with E-state index in [0.717, 1.165) is 12.2 Å². The molecule has 2 aliphatic rings. The van der Waals surface area contributed by atoms with Crippen LogP contribution in [0, 0.1) is 20.8 Å². The van der Waals surface area contributed by atoms with Crippen molar-refractivity contribution < 1.29 is 0 Å². The fraction of sp³-hybridized carbons (Fsp3) is 0.450. The van der Waals surface area contributed by atoms with Crippen molar-refractivity contribution in [1.82, 2.24) is 4.98 Å². The second-order valence-corrected chi connectivity index (χ2v) is 7.36. The number of pyridine rings is 1. The average Bonchev–Trinajstić information content (AvgIpc) is 2.89. The molecule has 3 heterocycles. The van der Waals surface area contributed by atoms with Gasteiger partial charge < -0.3 is 4.90 Å². The van der Waals surface area contributed by atoms with Crippen molar-refractivity contribution in [2.75, 3.05) is 11.4 Å². The van der Waals surface area contributed by atoms with Gasteiger partial charge in [-0.3, -0.25) is 4.98 Å². The molecule has 0 aliphatic carbocycles. The van der Waals surface area contributed by atoms with Gasteiger partial charge in [0.2, 0.25) is 0 Å². The van der Waals surface area contributed by atoms with Gasteiger partial charge in [-0.25, -0.2) is 0 Å². The lowest BCUT2D eigenvalue weighted by molar-refractivity contribution is 0.431. The molecule has 114 valence electrons. The molecule has 1 aromatic carbocycles. The predicted octanol–water partition coefficient (Wildman–Crippen LogP) is 4.27. The molecule has 0 radical (unpaired) electrons. The first-order valence-electron chi connectivity index (χ1n) is 8.24. The summed E-state index contributed by atoms with van der Waals surface area (Å²) in [6, 6.07) is 11.7. The highest BCUT2D eigenvalue weighted by Crippen LogP contribution is 2.58. The molecule has 3 unspecified atom stereocenters. The Labute approximate surface area is 133 Å². The molecule has 1 saturated heterocycles. The lowest BCUT2D eigenvalue weighted by atomic mass is 9.67. The number of benzene rings is 1. The van der Waals surface area contributed by atoms with Crippen LogP contribution in [-0.2, 0) is 5.41 Å². The van der Waals surface area contributed by atoms with E-state index in [1.165, 1.54) is 28.1 Å². The molecule has 2 nitrogen and oxygen atoms in total. The van der Waals surface area contributed by atoms with Crippen molar-refractivity contribution in [2.45, 2.75) is 52.0 Å². The highest BCUT2D eigenvalue weighted by Gasteiger charge is 2.56. The largest absolute Gasteiger partial charge is 0.367 e. The number of aryl methyl sites for hydroxylation is 3. The summed E-state index contributed by atoms with van der Waals surface area (Å²) in [4.78, 5) is 7.36. The molecule has 22 heavy (non-hydrogen) atoms. The van der Waals surface area contributed by atoms with E-state index < -0.39 is 0 Å². The van der Waals surface area contributed by atoms with Gasteiger partial charge in [0.1, 0.15) is 0 Å². The quantitative estimate of drug-likeness (QED) is 0.780. The van der Waals surface area contributed by atoms with Crippen LogP contribution in [0.2, 0.25) is 0 Å². The molecule has 1 fully saturated rings.